The molecule has 0 heterocycles. The molecule has 0 unspecified atom stereocenters. The van der Waals surface area contributed by atoms with Gasteiger partial charge in [-0.2, -0.15) is 0 Å². The molecule has 0 aromatic rings. The minimum absolute atomic E-state index is 0. The molecule has 0 aliphatic rings. The van der Waals surface area contributed by atoms with Gasteiger partial charge in [0.1, 0.15) is 0 Å². The van der Waals surface area contributed by atoms with Crippen LogP contribution in [0.5, 0.6) is 0 Å². The van der Waals surface area contributed by atoms with Crippen LogP contribution in [-0.4, -0.2) is 20.2 Å². The van der Waals surface area contributed by atoms with Crippen LogP contribution in [0.4, 0.5) is 12.9 Å². The fraction of sp³-hybridized carbons (Fsp3) is 0.778. The first-order valence-corrected chi connectivity index (χ1v) is 4.58. The molecule has 84 valence electrons. The van der Waals surface area contributed by atoms with E-state index < -0.39 is 19.1 Å². The molecule has 6 heteroatoms. The average molecular weight is 248 g/mol. The van der Waals surface area contributed by atoms with Crippen LogP contribution in [0, 0.1) is 5.41 Å². The molecule has 15 heavy (non-hydrogen) atoms. The molecule has 0 fully saturated rings. The molecular formula is C9H17BF3KO. The topological polar surface area (TPSA) is 9.23 Å². The Labute approximate surface area is 132 Å². The van der Waals surface area contributed by atoms with Crippen LogP contribution < -0.4 is 51.4 Å². The standard InChI is InChI=1S/C9H17BF3O.K/c1-8(10(11,12)13)7-14-6-5-9(2,3)4;/h1,5-7H2,2-4H3;/q-1;+1. The number of halogens is 3. The van der Waals surface area contributed by atoms with Crippen molar-refractivity contribution in [2.45, 2.75) is 27.2 Å². The van der Waals surface area contributed by atoms with Crippen molar-refractivity contribution in [3.05, 3.63) is 12.1 Å². The number of hydrogen-bond donors (Lipinski definition) is 0. The number of hydrogen-bond acceptors (Lipinski definition) is 1. The van der Waals surface area contributed by atoms with Crippen LogP contribution in [0.3, 0.4) is 0 Å². The van der Waals surface area contributed by atoms with Crippen molar-refractivity contribution in [2.24, 2.45) is 5.41 Å². The molecule has 0 N–H and O–H groups in total. The molecule has 0 radical (unpaired) electrons. The van der Waals surface area contributed by atoms with Gasteiger partial charge in [-0.15, -0.1) is 12.1 Å². The predicted molar refractivity (Wildman–Crippen MR) is 53.1 cm³/mol. The van der Waals surface area contributed by atoms with Gasteiger partial charge in [-0.1, -0.05) is 20.8 Å². The van der Waals surface area contributed by atoms with Crippen molar-refractivity contribution < 1.29 is 69.1 Å². The third kappa shape index (κ3) is 11.5. The van der Waals surface area contributed by atoms with Gasteiger partial charge in [-0.05, 0) is 11.8 Å². The maximum absolute atomic E-state index is 12.0. The fourth-order valence-corrected chi connectivity index (χ4v) is 0.676. The van der Waals surface area contributed by atoms with Gasteiger partial charge in [0.15, 0.2) is 0 Å². The summed E-state index contributed by atoms with van der Waals surface area (Å²) in [6.45, 7) is 3.98. The molecule has 0 aliphatic heterocycles. The summed E-state index contributed by atoms with van der Waals surface area (Å²) in [7, 11) is 0. The quantitative estimate of drug-likeness (QED) is 0.505. The van der Waals surface area contributed by atoms with Gasteiger partial charge in [0.2, 0.25) is 0 Å². The minimum atomic E-state index is -4.94. The second kappa shape index (κ2) is 7.50. The van der Waals surface area contributed by atoms with Crippen molar-refractivity contribution in [1.82, 2.24) is 0 Å². The van der Waals surface area contributed by atoms with E-state index in [2.05, 4.69) is 6.58 Å². The van der Waals surface area contributed by atoms with E-state index in [4.69, 9.17) is 4.74 Å². The van der Waals surface area contributed by atoms with Gasteiger partial charge in [0, 0.05) is 13.2 Å². The van der Waals surface area contributed by atoms with Gasteiger partial charge in [0.05, 0.1) is 0 Å². The molecule has 0 rings (SSSR count). The summed E-state index contributed by atoms with van der Waals surface area (Å²) < 4.78 is 40.9. The maximum atomic E-state index is 12.0. The number of ether oxygens (including phenoxy) is 1. The van der Waals surface area contributed by atoms with Gasteiger partial charge in [0.25, 0.3) is 0 Å². The predicted octanol–water partition coefficient (Wildman–Crippen LogP) is 0.386. The smallest absolute Gasteiger partial charge is 0.445 e. The van der Waals surface area contributed by atoms with E-state index >= 15 is 0 Å². The average Bonchev–Trinajstić information content (AvgIpc) is 1.93. The first-order chi connectivity index (χ1) is 6.13. The Morgan fingerprint density at radius 1 is 1.27 bits per heavy atom. The normalized spacial score (nSPS) is 12.1. The Balaban J connectivity index is 0. The summed E-state index contributed by atoms with van der Waals surface area (Å²) in [4.78, 5) is 0. The summed E-state index contributed by atoms with van der Waals surface area (Å²) in [6.07, 6.45) is 0.741. The molecule has 0 saturated carbocycles. The number of rotatable bonds is 5. The van der Waals surface area contributed by atoms with Crippen LogP contribution in [0.2, 0.25) is 0 Å². The zero-order chi connectivity index (χ0) is 11.4. The van der Waals surface area contributed by atoms with E-state index in [1.807, 2.05) is 20.8 Å². The fourth-order valence-electron chi connectivity index (χ4n) is 0.676. The Bertz CT molecular complexity index is 199. The minimum Gasteiger partial charge on any atom is -0.445 e. The molecule has 0 atom stereocenters. The van der Waals surface area contributed by atoms with Crippen molar-refractivity contribution in [1.29, 1.82) is 0 Å². The molecule has 0 saturated heterocycles. The molecular weight excluding hydrogens is 231 g/mol. The molecule has 0 spiro atoms. The first kappa shape index (κ1) is 18.6. The SMILES string of the molecule is C=C(COCCC(C)(C)C)[B-](F)(F)F.[K+]. The van der Waals surface area contributed by atoms with Crippen molar-refractivity contribution in [3.8, 4) is 0 Å². The van der Waals surface area contributed by atoms with Crippen LogP contribution in [0.1, 0.15) is 27.2 Å². The van der Waals surface area contributed by atoms with E-state index in [0.29, 0.717) is 6.61 Å². The monoisotopic (exact) mass is 248 g/mol. The molecule has 0 amide bonds. The van der Waals surface area contributed by atoms with Gasteiger partial charge in [-0.3, -0.25) is 0 Å². The van der Waals surface area contributed by atoms with E-state index in [1.54, 1.807) is 0 Å². The van der Waals surface area contributed by atoms with E-state index in [-0.39, 0.29) is 56.8 Å². The zero-order valence-electron chi connectivity index (χ0n) is 9.95. The van der Waals surface area contributed by atoms with Gasteiger partial charge < -0.3 is 17.7 Å². The Hall–Kier alpha value is 1.19. The Morgan fingerprint density at radius 3 is 2.07 bits per heavy atom. The third-order valence-corrected chi connectivity index (χ3v) is 1.75. The summed E-state index contributed by atoms with van der Waals surface area (Å²) >= 11 is 0. The largest absolute Gasteiger partial charge is 1.00 e. The second-order valence-electron chi connectivity index (χ2n) is 4.60. The van der Waals surface area contributed by atoms with Crippen molar-refractivity contribution in [3.63, 3.8) is 0 Å². The van der Waals surface area contributed by atoms with Crippen molar-refractivity contribution in [2.75, 3.05) is 13.2 Å². The Kier molecular flexibility index (Phi) is 9.28. The Morgan fingerprint density at radius 2 is 1.73 bits per heavy atom. The third-order valence-electron chi connectivity index (χ3n) is 1.75. The summed E-state index contributed by atoms with van der Waals surface area (Å²) in [5, 5.41) is 0. The van der Waals surface area contributed by atoms with Crippen LogP contribution in [0.15, 0.2) is 12.1 Å². The van der Waals surface area contributed by atoms with Crippen LogP contribution >= 0.6 is 0 Å². The van der Waals surface area contributed by atoms with Gasteiger partial charge in [-0.25, -0.2) is 0 Å². The van der Waals surface area contributed by atoms with Crippen LogP contribution in [0.25, 0.3) is 0 Å². The van der Waals surface area contributed by atoms with Crippen LogP contribution in [-0.2, 0) is 4.74 Å². The molecule has 0 aromatic carbocycles. The summed E-state index contributed by atoms with van der Waals surface area (Å²) in [5.74, 6) is 0. The maximum Gasteiger partial charge on any atom is 1.00 e. The summed E-state index contributed by atoms with van der Waals surface area (Å²) in [5.41, 5.74) is -0.677. The van der Waals surface area contributed by atoms with E-state index in [1.165, 1.54) is 0 Å². The first-order valence-electron chi connectivity index (χ1n) is 4.58. The molecule has 0 bridgehead atoms. The molecule has 1 nitrogen and oxygen atoms in total. The zero-order valence-corrected chi connectivity index (χ0v) is 13.1. The van der Waals surface area contributed by atoms with Gasteiger partial charge >= 0.3 is 58.4 Å². The van der Waals surface area contributed by atoms with Crippen molar-refractivity contribution >= 4 is 6.98 Å². The van der Waals surface area contributed by atoms with E-state index in [0.717, 1.165) is 6.42 Å². The molecule has 0 aromatic heterocycles. The molecule has 0 aliphatic carbocycles. The van der Waals surface area contributed by atoms with E-state index in [9.17, 15) is 12.9 Å². The second-order valence-corrected chi connectivity index (χ2v) is 4.60. The summed E-state index contributed by atoms with van der Waals surface area (Å²) in [6, 6.07) is 0.